The molecule has 0 amide bonds. The Morgan fingerprint density at radius 3 is 2.82 bits per heavy atom. The Morgan fingerprint density at radius 2 is 2.12 bits per heavy atom. The van der Waals surface area contributed by atoms with Crippen LogP contribution in [0.4, 0.5) is 0 Å². The third-order valence-corrected chi connectivity index (χ3v) is 3.65. The zero-order valence-electron chi connectivity index (χ0n) is 10.8. The molecule has 2 atom stereocenters. The number of nitrogens with zero attached hydrogens (tertiary/aromatic N) is 3. The minimum absolute atomic E-state index is 0.546. The SMILES string of the molecule is Cc1cc(Cl)nc(CN2CC(C)CCC2C)n1. The van der Waals surface area contributed by atoms with Crippen molar-refractivity contribution in [3.8, 4) is 0 Å². The first kappa shape index (κ1) is 12.8. The summed E-state index contributed by atoms with van der Waals surface area (Å²) in [5.74, 6) is 1.61. The van der Waals surface area contributed by atoms with Gasteiger partial charge in [0.2, 0.25) is 0 Å². The normalized spacial score (nSPS) is 26.1. The molecular weight excluding hydrogens is 234 g/mol. The average Bonchev–Trinajstić information content (AvgIpc) is 2.22. The van der Waals surface area contributed by atoms with Crippen molar-refractivity contribution in [1.29, 1.82) is 0 Å². The fourth-order valence-electron chi connectivity index (χ4n) is 2.44. The van der Waals surface area contributed by atoms with Crippen molar-refractivity contribution in [2.75, 3.05) is 6.54 Å². The average molecular weight is 254 g/mol. The van der Waals surface area contributed by atoms with Crippen molar-refractivity contribution in [2.45, 2.75) is 46.2 Å². The molecule has 1 fully saturated rings. The van der Waals surface area contributed by atoms with Gasteiger partial charge < -0.3 is 0 Å². The molecule has 1 aromatic heterocycles. The number of aromatic nitrogens is 2. The second-order valence-electron chi connectivity index (χ2n) is 5.21. The fraction of sp³-hybridized carbons (Fsp3) is 0.692. The first-order valence-corrected chi connectivity index (χ1v) is 6.66. The maximum Gasteiger partial charge on any atom is 0.144 e. The van der Waals surface area contributed by atoms with Gasteiger partial charge in [0.05, 0.1) is 6.54 Å². The van der Waals surface area contributed by atoms with Crippen LogP contribution in [0.2, 0.25) is 5.15 Å². The number of hydrogen-bond donors (Lipinski definition) is 0. The maximum atomic E-state index is 5.96. The number of piperidine rings is 1. The van der Waals surface area contributed by atoms with Crippen LogP contribution < -0.4 is 0 Å². The van der Waals surface area contributed by atoms with E-state index < -0.39 is 0 Å². The third-order valence-electron chi connectivity index (χ3n) is 3.46. The Hall–Kier alpha value is -0.670. The van der Waals surface area contributed by atoms with Crippen LogP contribution in [-0.4, -0.2) is 27.5 Å². The van der Waals surface area contributed by atoms with Crippen LogP contribution >= 0.6 is 11.6 Å². The first-order chi connectivity index (χ1) is 8.04. The van der Waals surface area contributed by atoms with Crippen LogP contribution in [0.1, 0.15) is 38.2 Å². The third kappa shape index (κ3) is 3.39. The summed E-state index contributed by atoms with van der Waals surface area (Å²) in [6.45, 7) is 8.49. The molecule has 0 aliphatic carbocycles. The largest absolute Gasteiger partial charge is 0.293 e. The van der Waals surface area contributed by atoms with Gasteiger partial charge in [0.1, 0.15) is 11.0 Å². The molecule has 0 saturated carbocycles. The zero-order valence-corrected chi connectivity index (χ0v) is 11.5. The van der Waals surface area contributed by atoms with E-state index in [2.05, 4.69) is 28.7 Å². The summed E-state index contributed by atoms with van der Waals surface area (Å²) >= 11 is 5.96. The van der Waals surface area contributed by atoms with Gasteiger partial charge in [-0.2, -0.15) is 0 Å². The number of rotatable bonds is 2. The highest BCUT2D eigenvalue weighted by molar-refractivity contribution is 6.29. The standard InChI is InChI=1S/C13H20ClN3/c1-9-4-5-11(3)17(7-9)8-13-15-10(2)6-12(14)16-13/h6,9,11H,4-5,7-8H2,1-3H3. The number of aryl methyl sites for hydroxylation is 1. The van der Waals surface area contributed by atoms with Crippen LogP contribution in [0.5, 0.6) is 0 Å². The summed E-state index contributed by atoms with van der Waals surface area (Å²) in [7, 11) is 0. The Morgan fingerprint density at radius 1 is 1.35 bits per heavy atom. The van der Waals surface area contributed by atoms with Crippen LogP contribution in [0.25, 0.3) is 0 Å². The molecule has 0 spiro atoms. The Labute approximate surface area is 108 Å². The lowest BCUT2D eigenvalue weighted by Crippen LogP contribution is -2.40. The lowest BCUT2D eigenvalue weighted by molar-refractivity contribution is 0.114. The van der Waals surface area contributed by atoms with E-state index in [1.807, 2.05) is 6.92 Å². The van der Waals surface area contributed by atoms with E-state index in [-0.39, 0.29) is 0 Å². The van der Waals surface area contributed by atoms with Crippen LogP contribution in [-0.2, 0) is 6.54 Å². The maximum absolute atomic E-state index is 5.96. The van der Waals surface area contributed by atoms with Crippen LogP contribution in [0, 0.1) is 12.8 Å². The number of hydrogen-bond acceptors (Lipinski definition) is 3. The van der Waals surface area contributed by atoms with E-state index >= 15 is 0 Å². The summed E-state index contributed by atoms with van der Waals surface area (Å²) in [5.41, 5.74) is 0.942. The second kappa shape index (κ2) is 5.32. The second-order valence-corrected chi connectivity index (χ2v) is 5.60. The Kier molecular flexibility index (Phi) is 4.00. The predicted molar refractivity (Wildman–Crippen MR) is 70.0 cm³/mol. The molecule has 0 aromatic carbocycles. The van der Waals surface area contributed by atoms with Crippen molar-refractivity contribution in [1.82, 2.24) is 14.9 Å². The monoisotopic (exact) mass is 253 g/mol. The molecule has 4 heteroatoms. The molecule has 1 aromatic rings. The molecule has 0 bridgehead atoms. The Bertz CT molecular complexity index is 374. The highest BCUT2D eigenvalue weighted by Gasteiger charge is 2.23. The highest BCUT2D eigenvalue weighted by atomic mass is 35.5. The molecule has 2 heterocycles. The molecule has 17 heavy (non-hydrogen) atoms. The molecule has 94 valence electrons. The summed E-state index contributed by atoms with van der Waals surface area (Å²) in [4.78, 5) is 11.2. The van der Waals surface area contributed by atoms with Crippen molar-refractivity contribution in [2.24, 2.45) is 5.92 Å². The molecule has 1 aliphatic heterocycles. The van der Waals surface area contributed by atoms with Crippen molar-refractivity contribution in [3.63, 3.8) is 0 Å². The van der Waals surface area contributed by atoms with E-state index in [4.69, 9.17) is 11.6 Å². The molecule has 2 rings (SSSR count). The molecule has 2 unspecified atom stereocenters. The molecule has 3 nitrogen and oxygen atoms in total. The lowest BCUT2D eigenvalue weighted by atomic mass is 9.95. The first-order valence-electron chi connectivity index (χ1n) is 6.28. The van der Waals surface area contributed by atoms with Crippen molar-refractivity contribution < 1.29 is 0 Å². The van der Waals surface area contributed by atoms with E-state index in [1.54, 1.807) is 6.07 Å². The van der Waals surface area contributed by atoms with Gasteiger partial charge >= 0.3 is 0 Å². The quantitative estimate of drug-likeness (QED) is 0.759. The van der Waals surface area contributed by atoms with Gasteiger partial charge in [-0.1, -0.05) is 18.5 Å². The fourth-order valence-corrected chi connectivity index (χ4v) is 2.70. The zero-order chi connectivity index (χ0) is 12.4. The minimum Gasteiger partial charge on any atom is -0.293 e. The van der Waals surface area contributed by atoms with Crippen LogP contribution in [0.15, 0.2) is 6.07 Å². The number of likely N-dealkylation sites (tertiary alicyclic amines) is 1. The topological polar surface area (TPSA) is 29.0 Å². The van der Waals surface area contributed by atoms with Gasteiger partial charge in [0, 0.05) is 18.3 Å². The predicted octanol–water partition coefficient (Wildman–Crippen LogP) is 3.06. The number of halogens is 1. The van der Waals surface area contributed by atoms with E-state index in [1.165, 1.54) is 12.8 Å². The van der Waals surface area contributed by atoms with Gasteiger partial charge in [0.25, 0.3) is 0 Å². The molecule has 0 radical (unpaired) electrons. The summed E-state index contributed by atoms with van der Waals surface area (Å²) in [6.07, 6.45) is 2.59. The Balaban J connectivity index is 2.08. The van der Waals surface area contributed by atoms with Gasteiger partial charge in [0.15, 0.2) is 0 Å². The van der Waals surface area contributed by atoms with E-state index in [9.17, 15) is 0 Å². The van der Waals surface area contributed by atoms with Gasteiger partial charge in [-0.15, -0.1) is 0 Å². The smallest absolute Gasteiger partial charge is 0.144 e. The van der Waals surface area contributed by atoms with E-state index in [0.29, 0.717) is 11.2 Å². The molecule has 0 N–H and O–H groups in total. The van der Waals surface area contributed by atoms with Crippen LogP contribution in [0.3, 0.4) is 0 Å². The van der Waals surface area contributed by atoms with Gasteiger partial charge in [-0.25, -0.2) is 9.97 Å². The van der Waals surface area contributed by atoms with E-state index in [0.717, 1.165) is 30.5 Å². The van der Waals surface area contributed by atoms with Crippen molar-refractivity contribution >= 4 is 11.6 Å². The molecule has 1 saturated heterocycles. The van der Waals surface area contributed by atoms with Crippen molar-refractivity contribution in [3.05, 3.63) is 22.7 Å². The summed E-state index contributed by atoms with van der Waals surface area (Å²) in [5, 5.41) is 0.546. The van der Waals surface area contributed by atoms with Gasteiger partial charge in [-0.3, -0.25) is 4.90 Å². The summed E-state index contributed by atoms with van der Waals surface area (Å²) < 4.78 is 0. The highest BCUT2D eigenvalue weighted by Crippen LogP contribution is 2.22. The molecule has 1 aliphatic rings. The molecular formula is C13H20ClN3. The minimum atomic E-state index is 0.546. The summed E-state index contributed by atoms with van der Waals surface area (Å²) in [6, 6.07) is 2.42. The van der Waals surface area contributed by atoms with Gasteiger partial charge in [-0.05, 0) is 38.7 Å². The lowest BCUT2D eigenvalue weighted by Gasteiger charge is -2.36.